The first-order valence-electron chi connectivity index (χ1n) is 4.13. The van der Waals surface area contributed by atoms with Gasteiger partial charge in [0.2, 0.25) is 0 Å². The Labute approximate surface area is 63.4 Å². The van der Waals surface area contributed by atoms with Crippen LogP contribution in [0.3, 0.4) is 0 Å². The Bertz CT molecular complexity index is 91.4. The summed E-state index contributed by atoms with van der Waals surface area (Å²) in [5.74, 6) is 0. The van der Waals surface area contributed by atoms with Crippen molar-refractivity contribution in [3.05, 3.63) is 6.92 Å². The van der Waals surface area contributed by atoms with E-state index in [1.165, 1.54) is 12.8 Å². The van der Waals surface area contributed by atoms with E-state index in [1.807, 2.05) is 0 Å². The molecule has 0 amide bonds. The lowest BCUT2D eigenvalue weighted by Gasteiger charge is -2.14. The predicted octanol–water partition coefficient (Wildman–Crippen LogP) is 0.897. The molecule has 2 unspecified atom stereocenters. The summed E-state index contributed by atoms with van der Waals surface area (Å²) < 4.78 is 0. The van der Waals surface area contributed by atoms with Crippen LogP contribution in [0.2, 0.25) is 0 Å². The van der Waals surface area contributed by atoms with Gasteiger partial charge in [-0.05, 0) is 19.8 Å². The van der Waals surface area contributed by atoms with Crippen LogP contribution in [0.25, 0.3) is 0 Å². The molecule has 2 nitrogen and oxygen atoms in total. The minimum atomic E-state index is 0.259. The monoisotopic (exact) mass is 141 g/mol. The Morgan fingerprint density at radius 2 is 1.50 bits per heavy atom. The Morgan fingerprint density at radius 3 is 1.80 bits per heavy atom. The van der Waals surface area contributed by atoms with Crippen molar-refractivity contribution in [3.63, 3.8) is 0 Å². The number of rotatable bonds is 2. The highest BCUT2D eigenvalue weighted by Gasteiger charge is 2.27. The van der Waals surface area contributed by atoms with Crippen molar-refractivity contribution >= 4 is 0 Å². The molecule has 1 fully saturated rings. The van der Waals surface area contributed by atoms with Gasteiger partial charge in [-0.15, -0.1) is 0 Å². The van der Waals surface area contributed by atoms with E-state index in [-0.39, 0.29) is 6.17 Å². The molecule has 0 aromatic heterocycles. The zero-order chi connectivity index (χ0) is 7.56. The summed E-state index contributed by atoms with van der Waals surface area (Å²) in [5, 5.41) is 6.76. The molecule has 0 saturated carbocycles. The third kappa shape index (κ3) is 1.50. The van der Waals surface area contributed by atoms with E-state index in [2.05, 4.69) is 31.4 Å². The van der Waals surface area contributed by atoms with Gasteiger partial charge in [-0.2, -0.15) is 0 Å². The first kappa shape index (κ1) is 8.02. The van der Waals surface area contributed by atoms with Crippen LogP contribution in [-0.4, -0.2) is 18.2 Å². The highest BCUT2D eigenvalue weighted by molar-refractivity contribution is 4.92. The molecule has 0 aromatic carbocycles. The smallest absolute Gasteiger partial charge is 0.0578 e. The summed E-state index contributed by atoms with van der Waals surface area (Å²) in [6.45, 7) is 8.33. The maximum atomic E-state index is 3.91. The van der Waals surface area contributed by atoms with Crippen LogP contribution in [0.4, 0.5) is 0 Å². The van der Waals surface area contributed by atoms with Gasteiger partial charge in [0.25, 0.3) is 0 Å². The molecular weight excluding hydrogens is 124 g/mol. The van der Waals surface area contributed by atoms with Crippen LogP contribution in [0.5, 0.6) is 0 Å². The van der Waals surface area contributed by atoms with Crippen molar-refractivity contribution in [2.75, 3.05) is 0 Å². The summed E-state index contributed by atoms with van der Waals surface area (Å²) in [6, 6.07) is 1.26. The summed E-state index contributed by atoms with van der Waals surface area (Å²) in [5.41, 5.74) is 0. The summed E-state index contributed by atoms with van der Waals surface area (Å²) in [7, 11) is 0. The molecule has 1 aliphatic heterocycles. The van der Waals surface area contributed by atoms with E-state index >= 15 is 0 Å². The average Bonchev–Trinajstić information content (AvgIpc) is 2.30. The standard InChI is InChI=1S/C8H17N2/c1-4-7-8(5-2)10-6(3)9-7/h6-10H,3-5H2,1-2H3. The highest BCUT2D eigenvalue weighted by atomic mass is 15.2. The van der Waals surface area contributed by atoms with Gasteiger partial charge in [0.15, 0.2) is 0 Å². The molecule has 1 rings (SSSR count). The van der Waals surface area contributed by atoms with Gasteiger partial charge >= 0.3 is 0 Å². The van der Waals surface area contributed by atoms with Crippen molar-refractivity contribution in [3.8, 4) is 0 Å². The quantitative estimate of drug-likeness (QED) is 0.597. The second kappa shape index (κ2) is 3.35. The lowest BCUT2D eigenvalue weighted by atomic mass is 10.1. The van der Waals surface area contributed by atoms with Crippen LogP contribution < -0.4 is 10.6 Å². The Balaban J connectivity index is 2.41. The molecule has 1 saturated heterocycles. The van der Waals surface area contributed by atoms with Crippen LogP contribution in [0, 0.1) is 6.92 Å². The average molecular weight is 141 g/mol. The Kier molecular flexibility index (Phi) is 2.69. The molecular formula is C8H17N2. The third-order valence-electron chi connectivity index (χ3n) is 2.20. The minimum absolute atomic E-state index is 0.259. The fourth-order valence-electron chi connectivity index (χ4n) is 1.60. The van der Waals surface area contributed by atoms with Gasteiger partial charge in [0, 0.05) is 12.1 Å². The summed E-state index contributed by atoms with van der Waals surface area (Å²) >= 11 is 0. The molecule has 0 aromatic rings. The van der Waals surface area contributed by atoms with Gasteiger partial charge in [0.1, 0.15) is 0 Å². The topological polar surface area (TPSA) is 24.1 Å². The second-order valence-corrected chi connectivity index (χ2v) is 2.92. The van der Waals surface area contributed by atoms with E-state index in [4.69, 9.17) is 0 Å². The zero-order valence-electron chi connectivity index (χ0n) is 6.85. The van der Waals surface area contributed by atoms with Gasteiger partial charge in [-0.3, -0.25) is 10.6 Å². The summed E-state index contributed by atoms with van der Waals surface area (Å²) in [4.78, 5) is 0. The van der Waals surface area contributed by atoms with E-state index in [9.17, 15) is 0 Å². The van der Waals surface area contributed by atoms with E-state index in [0.717, 1.165) is 0 Å². The molecule has 0 aliphatic carbocycles. The molecule has 1 radical (unpaired) electrons. The number of hydrogen-bond donors (Lipinski definition) is 2. The lowest BCUT2D eigenvalue weighted by molar-refractivity contribution is 0.484. The molecule has 10 heavy (non-hydrogen) atoms. The number of hydrogen-bond acceptors (Lipinski definition) is 2. The van der Waals surface area contributed by atoms with Gasteiger partial charge in [0.05, 0.1) is 6.17 Å². The Hall–Kier alpha value is -0.0800. The maximum absolute atomic E-state index is 3.91. The van der Waals surface area contributed by atoms with Crippen molar-refractivity contribution in [2.24, 2.45) is 0 Å². The lowest BCUT2D eigenvalue weighted by Crippen LogP contribution is -2.31. The fraction of sp³-hybridized carbons (Fsp3) is 0.875. The van der Waals surface area contributed by atoms with Crippen LogP contribution in [-0.2, 0) is 0 Å². The van der Waals surface area contributed by atoms with E-state index < -0.39 is 0 Å². The normalized spacial score (nSPS) is 40.5. The van der Waals surface area contributed by atoms with Gasteiger partial charge in [-0.1, -0.05) is 13.8 Å². The SMILES string of the molecule is [CH2]C1NC(CC)C(CC)N1. The largest absolute Gasteiger partial charge is 0.298 e. The number of nitrogens with one attached hydrogen (secondary N) is 2. The molecule has 2 N–H and O–H groups in total. The third-order valence-corrected chi connectivity index (χ3v) is 2.20. The van der Waals surface area contributed by atoms with E-state index in [1.54, 1.807) is 0 Å². The van der Waals surface area contributed by atoms with Gasteiger partial charge in [-0.25, -0.2) is 0 Å². The van der Waals surface area contributed by atoms with Crippen molar-refractivity contribution in [2.45, 2.75) is 44.9 Å². The maximum Gasteiger partial charge on any atom is 0.0578 e. The highest BCUT2D eigenvalue weighted by Crippen LogP contribution is 2.09. The molecule has 1 heterocycles. The molecule has 59 valence electrons. The molecule has 0 spiro atoms. The molecule has 2 heteroatoms. The second-order valence-electron chi connectivity index (χ2n) is 2.92. The van der Waals surface area contributed by atoms with Crippen molar-refractivity contribution in [1.82, 2.24) is 10.6 Å². The van der Waals surface area contributed by atoms with Crippen molar-refractivity contribution in [1.29, 1.82) is 0 Å². The van der Waals surface area contributed by atoms with E-state index in [0.29, 0.717) is 12.1 Å². The van der Waals surface area contributed by atoms with Crippen LogP contribution in [0.1, 0.15) is 26.7 Å². The Morgan fingerprint density at radius 1 is 1.10 bits per heavy atom. The first-order chi connectivity index (χ1) is 4.77. The van der Waals surface area contributed by atoms with Crippen LogP contribution >= 0.6 is 0 Å². The van der Waals surface area contributed by atoms with Gasteiger partial charge < -0.3 is 0 Å². The molecule has 1 aliphatic rings. The summed E-state index contributed by atoms with van der Waals surface area (Å²) in [6.07, 6.45) is 2.64. The minimum Gasteiger partial charge on any atom is -0.298 e. The fourth-order valence-corrected chi connectivity index (χ4v) is 1.60. The predicted molar refractivity (Wildman–Crippen MR) is 43.6 cm³/mol. The zero-order valence-corrected chi connectivity index (χ0v) is 6.85. The molecule has 2 atom stereocenters. The molecule has 0 bridgehead atoms. The van der Waals surface area contributed by atoms with Crippen LogP contribution in [0.15, 0.2) is 0 Å². The first-order valence-corrected chi connectivity index (χ1v) is 4.13. The van der Waals surface area contributed by atoms with Crippen molar-refractivity contribution < 1.29 is 0 Å².